The number of allylic oxidation sites excluding steroid dienone is 3. The zero-order valence-corrected chi connectivity index (χ0v) is 17.0. The molecule has 2 amide bonds. The van der Waals surface area contributed by atoms with Crippen LogP contribution in [-0.4, -0.2) is 33.7 Å². The fourth-order valence-electron chi connectivity index (χ4n) is 4.20. The van der Waals surface area contributed by atoms with E-state index in [-0.39, 0.29) is 35.5 Å². The number of phenols is 1. The van der Waals surface area contributed by atoms with Gasteiger partial charge < -0.3 is 20.7 Å². The van der Waals surface area contributed by atoms with Crippen LogP contribution in [0.25, 0.3) is 10.9 Å². The van der Waals surface area contributed by atoms with Crippen LogP contribution in [0.2, 0.25) is 0 Å². The molecular formula is C23H25N3O4. The van der Waals surface area contributed by atoms with E-state index in [4.69, 9.17) is 0 Å². The molecule has 0 saturated carbocycles. The normalized spacial score (nSPS) is 21.7. The molecule has 2 atom stereocenters. The molecule has 0 fully saturated rings. The molecule has 2 aromatic rings. The molecule has 4 N–H and O–H groups in total. The number of amides is 2. The minimum absolute atomic E-state index is 0.0947. The maximum absolute atomic E-state index is 13.1. The van der Waals surface area contributed by atoms with E-state index < -0.39 is 11.9 Å². The van der Waals surface area contributed by atoms with Crippen LogP contribution < -0.4 is 10.6 Å². The van der Waals surface area contributed by atoms with E-state index in [1.54, 1.807) is 24.4 Å². The Balaban J connectivity index is 1.61. The van der Waals surface area contributed by atoms with Crippen LogP contribution in [-0.2, 0) is 20.8 Å². The molecule has 30 heavy (non-hydrogen) atoms. The summed E-state index contributed by atoms with van der Waals surface area (Å²) in [5.41, 5.74) is 3.29. The zero-order chi connectivity index (χ0) is 21.4. The summed E-state index contributed by atoms with van der Waals surface area (Å²) in [6.45, 7) is 3.99. The number of hydrogen-bond acceptors (Lipinski definition) is 4. The Kier molecular flexibility index (Phi) is 5.20. The summed E-state index contributed by atoms with van der Waals surface area (Å²) < 4.78 is 0. The van der Waals surface area contributed by atoms with Crippen molar-refractivity contribution in [2.75, 3.05) is 0 Å². The predicted octanol–water partition coefficient (Wildman–Crippen LogP) is 2.62. The number of benzene rings is 1. The predicted molar refractivity (Wildman–Crippen MR) is 113 cm³/mol. The maximum atomic E-state index is 13.1. The summed E-state index contributed by atoms with van der Waals surface area (Å²) in [4.78, 5) is 41.5. The number of ketones is 1. The van der Waals surface area contributed by atoms with E-state index in [1.165, 1.54) is 0 Å². The Morgan fingerprint density at radius 3 is 2.80 bits per heavy atom. The third-order valence-corrected chi connectivity index (χ3v) is 5.78. The minimum Gasteiger partial charge on any atom is -0.508 e. The standard InChI is InChI=1S/C23H25N3O4/c1-12(2)3-4-13-5-8-19(28)21-20(13)23(30)25-18(22(29)26-21)9-14-11-24-17-10-15(27)6-7-16(14)17/h3,6-7,10-11,13,18,24,27H,4-5,8-9H2,1-2H3,(H,25,30)(H,26,29)/t13-,18-/m0/s1. The number of carbonyl (C=O) groups is 3. The second-order valence-electron chi connectivity index (χ2n) is 8.23. The van der Waals surface area contributed by atoms with E-state index in [0.717, 1.165) is 22.0 Å². The van der Waals surface area contributed by atoms with Gasteiger partial charge in [-0.15, -0.1) is 0 Å². The minimum atomic E-state index is -0.798. The Labute approximate surface area is 174 Å². The second kappa shape index (κ2) is 7.82. The molecule has 7 nitrogen and oxygen atoms in total. The van der Waals surface area contributed by atoms with E-state index in [9.17, 15) is 19.5 Å². The average Bonchev–Trinajstić information content (AvgIpc) is 3.03. The lowest BCUT2D eigenvalue weighted by molar-refractivity contribution is -0.126. The molecule has 1 aromatic carbocycles. The first-order chi connectivity index (χ1) is 14.3. The van der Waals surface area contributed by atoms with Crippen molar-refractivity contribution < 1.29 is 19.5 Å². The Morgan fingerprint density at radius 1 is 1.23 bits per heavy atom. The molecule has 0 radical (unpaired) electrons. The van der Waals surface area contributed by atoms with Crippen LogP contribution in [0.15, 0.2) is 47.3 Å². The van der Waals surface area contributed by atoms with Crippen molar-refractivity contribution in [1.82, 2.24) is 15.6 Å². The third-order valence-electron chi connectivity index (χ3n) is 5.78. The lowest BCUT2D eigenvalue weighted by Gasteiger charge is -2.24. The molecule has 0 saturated heterocycles. The highest BCUT2D eigenvalue weighted by atomic mass is 16.3. The van der Waals surface area contributed by atoms with Crippen molar-refractivity contribution in [3.63, 3.8) is 0 Å². The molecule has 156 valence electrons. The quantitative estimate of drug-likeness (QED) is 0.584. The number of rotatable bonds is 4. The molecule has 4 rings (SSSR count). The lowest BCUT2D eigenvalue weighted by atomic mass is 9.82. The second-order valence-corrected chi connectivity index (χ2v) is 8.23. The highest BCUT2D eigenvalue weighted by Crippen LogP contribution is 2.32. The number of aromatic nitrogens is 1. The highest BCUT2D eigenvalue weighted by molar-refractivity contribution is 6.11. The van der Waals surface area contributed by atoms with Crippen molar-refractivity contribution in [3.8, 4) is 5.75 Å². The number of carbonyl (C=O) groups excluding carboxylic acids is 3. The van der Waals surface area contributed by atoms with Gasteiger partial charge >= 0.3 is 0 Å². The van der Waals surface area contributed by atoms with Crippen LogP contribution in [0.3, 0.4) is 0 Å². The van der Waals surface area contributed by atoms with E-state index in [2.05, 4.69) is 21.7 Å². The van der Waals surface area contributed by atoms with Gasteiger partial charge in [0.05, 0.1) is 5.70 Å². The first-order valence-electron chi connectivity index (χ1n) is 10.1. The largest absolute Gasteiger partial charge is 0.508 e. The van der Waals surface area contributed by atoms with Gasteiger partial charge in [-0.05, 0) is 50.3 Å². The van der Waals surface area contributed by atoms with Crippen LogP contribution in [0, 0.1) is 5.92 Å². The van der Waals surface area contributed by atoms with Gasteiger partial charge in [-0.3, -0.25) is 14.4 Å². The fraction of sp³-hybridized carbons (Fsp3) is 0.348. The molecule has 1 aliphatic carbocycles. The van der Waals surface area contributed by atoms with Crippen molar-refractivity contribution in [3.05, 3.63) is 52.9 Å². The summed E-state index contributed by atoms with van der Waals surface area (Å²) in [6.07, 6.45) is 5.68. The molecule has 0 unspecified atom stereocenters. The van der Waals surface area contributed by atoms with Gasteiger partial charge in [0.25, 0.3) is 0 Å². The van der Waals surface area contributed by atoms with Crippen molar-refractivity contribution in [2.24, 2.45) is 5.92 Å². The number of Topliss-reactive ketones (excluding diaryl/α,β-unsaturated/α-hetero) is 1. The number of H-pyrrole nitrogens is 1. The molecule has 1 aliphatic heterocycles. The number of fused-ring (bicyclic) bond motifs is 1. The smallest absolute Gasteiger partial charge is 0.250 e. The van der Waals surface area contributed by atoms with Crippen LogP contribution >= 0.6 is 0 Å². The van der Waals surface area contributed by atoms with E-state index in [1.807, 2.05) is 13.8 Å². The first kappa shape index (κ1) is 19.9. The molecule has 0 spiro atoms. The summed E-state index contributed by atoms with van der Waals surface area (Å²) in [5, 5.41) is 16.1. The van der Waals surface area contributed by atoms with Crippen molar-refractivity contribution in [1.29, 1.82) is 0 Å². The van der Waals surface area contributed by atoms with Gasteiger partial charge in [0, 0.05) is 41.6 Å². The SMILES string of the molecule is CC(C)=CC[C@H]1CCC(=O)C2=C1C(=O)N[C@@H](Cc1c[nH]c3cc(O)ccc13)C(=O)N2. The molecular weight excluding hydrogens is 382 g/mol. The van der Waals surface area contributed by atoms with Gasteiger partial charge in [-0.2, -0.15) is 0 Å². The van der Waals surface area contributed by atoms with Gasteiger partial charge in [0.1, 0.15) is 11.8 Å². The lowest BCUT2D eigenvalue weighted by Crippen LogP contribution is -2.45. The van der Waals surface area contributed by atoms with Gasteiger partial charge in [0.2, 0.25) is 11.8 Å². The van der Waals surface area contributed by atoms with Gasteiger partial charge in [-0.25, -0.2) is 0 Å². The molecule has 0 bridgehead atoms. The molecule has 7 heteroatoms. The first-order valence-corrected chi connectivity index (χ1v) is 10.1. The van der Waals surface area contributed by atoms with Crippen LogP contribution in [0.1, 0.15) is 38.7 Å². The Bertz CT molecular complexity index is 1100. The number of nitrogens with one attached hydrogen (secondary N) is 3. The van der Waals surface area contributed by atoms with Crippen LogP contribution in [0.5, 0.6) is 5.75 Å². The number of aromatic hydroxyl groups is 1. The molecule has 1 aromatic heterocycles. The summed E-state index contributed by atoms with van der Waals surface area (Å²) in [6, 6.07) is 4.16. The third kappa shape index (κ3) is 3.75. The van der Waals surface area contributed by atoms with Crippen molar-refractivity contribution >= 4 is 28.5 Å². The van der Waals surface area contributed by atoms with Gasteiger partial charge in [0.15, 0.2) is 5.78 Å². The number of phenolic OH excluding ortho intramolecular Hbond substituents is 1. The highest BCUT2D eigenvalue weighted by Gasteiger charge is 2.38. The van der Waals surface area contributed by atoms with Crippen molar-refractivity contribution in [2.45, 2.75) is 45.6 Å². The van der Waals surface area contributed by atoms with E-state index in [0.29, 0.717) is 24.8 Å². The maximum Gasteiger partial charge on any atom is 0.250 e. The number of aromatic amines is 1. The van der Waals surface area contributed by atoms with Gasteiger partial charge in [-0.1, -0.05) is 11.6 Å². The molecule has 2 aliphatic rings. The summed E-state index contributed by atoms with van der Waals surface area (Å²) in [7, 11) is 0. The zero-order valence-electron chi connectivity index (χ0n) is 17.0. The Morgan fingerprint density at radius 2 is 2.03 bits per heavy atom. The average molecular weight is 407 g/mol. The Hall–Kier alpha value is -3.35. The topological polar surface area (TPSA) is 111 Å². The van der Waals surface area contributed by atoms with Crippen LogP contribution in [0.4, 0.5) is 0 Å². The monoisotopic (exact) mass is 407 g/mol. The van der Waals surface area contributed by atoms with E-state index >= 15 is 0 Å². The summed E-state index contributed by atoms with van der Waals surface area (Å²) >= 11 is 0. The number of hydrogen-bond donors (Lipinski definition) is 4. The summed E-state index contributed by atoms with van der Waals surface area (Å²) in [5.74, 6) is -0.883. The fourth-order valence-corrected chi connectivity index (χ4v) is 4.20. The molecule has 2 heterocycles.